The maximum Gasteiger partial charge on any atom is 0.409 e. The molecule has 0 saturated carbocycles. The molecule has 3 fully saturated rings. The van der Waals surface area contributed by atoms with E-state index in [-0.39, 0.29) is 31.5 Å². The highest BCUT2D eigenvalue weighted by Crippen LogP contribution is 2.22. The normalized spacial score (nSPS) is 24.7. The first-order chi connectivity index (χ1) is 14.9. The molecule has 0 aromatic heterocycles. The zero-order valence-corrected chi connectivity index (χ0v) is 19.1. The minimum atomic E-state index is -3.66. The van der Waals surface area contributed by atoms with Crippen LogP contribution < -0.4 is 5.32 Å². The first-order valence-electron chi connectivity index (χ1n) is 11.2. The molecule has 0 radical (unpaired) electrons. The Morgan fingerprint density at radius 2 is 1.74 bits per heavy atom. The highest BCUT2D eigenvalue weighted by molar-refractivity contribution is 7.86. The molecule has 3 rings (SSSR count). The number of piperidine rings is 1. The van der Waals surface area contributed by atoms with Crippen LogP contribution in [0.2, 0.25) is 0 Å². The van der Waals surface area contributed by atoms with Crippen LogP contribution in [0.3, 0.4) is 0 Å². The van der Waals surface area contributed by atoms with Crippen molar-refractivity contribution in [3.8, 4) is 0 Å². The number of piperazine rings is 1. The molecule has 0 bridgehead atoms. The van der Waals surface area contributed by atoms with Gasteiger partial charge in [0.1, 0.15) is 0 Å². The molecule has 0 spiro atoms. The van der Waals surface area contributed by atoms with Crippen LogP contribution in [-0.2, 0) is 24.5 Å². The standard InChI is InChI=1S/C19H35N5O6S/c1-2-30-19(26)22-8-10-23(11-9-22)31(27,28)24-6-3-4-17(16-24)18(25)20-5-7-21-12-14-29-15-13-21/h17H,2-16H2,1H3,(H,20,25)/t17-/m0/s1. The summed E-state index contributed by atoms with van der Waals surface area (Å²) in [5.41, 5.74) is 0. The Balaban J connectivity index is 1.46. The molecule has 3 saturated heterocycles. The Hall–Kier alpha value is -1.47. The predicted octanol–water partition coefficient (Wildman–Crippen LogP) is -0.834. The van der Waals surface area contributed by atoms with Gasteiger partial charge in [-0.1, -0.05) is 0 Å². The van der Waals surface area contributed by atoms with Crippen LogP contribution in [0.15, 0.2) is 0 Å². The Labute approximate surface area is 184 Å². The van der Waals surface area contributed by atoms with Gasteiger partial charge >= 0.3 is 6.09 Å². The number of hydrogen-bond acceptors (Lipinski definition) is 7. The first-order valence-corrected chi connectivity index (χ1v) is 12.6. The molecule has 1 atom stereocenters. The van der Waals surface area contributed by atoms with Crippen molar-refractivity contribution in [3.63, 3.8) is 0 Å². The second kappa shape index (κ2) is 11.4. The van der Waals surface area contributed by atoms with E-state index in [0.717, 1.165) is 32.8 Å². The number of nitrogens with zero attached hydrogens (tertiary/aromatic N) is 4. The highest BCUT2D eigenvalue weighted by atomic mass is 32.2. The Morgan fingerprint density at radius 3 is 2.42 bits per heavy atom. The Bertz CT molecular complexity index is 707. The summed E-state index contributed by atoms with van der Waals surface area (Å²) in [6.45, 7) is 8.22. The molecular formula is C19H35N5O6S. The molecule has 0 aliphatic carbocycles. The third-order valence-corrected chi connectivity index (χ3v) is 8.01. The van der Waals surface area contributed by atoms with Gasteiger partial charge in [-0.25, -0.2) is 4.79 Å². The number of hydrogen-bond donors (Lipinski definition) is 1. The van der Waals surface area contributed by atoms with Crippen LogP contribution in [0.5, 0.6) is 0 Å². The van der Waals surface area contributed by atoms with Gasteiger partial charge < -0.3 is 19.7 Å². The lowest BCUT2D eigenvalue weighted by molar-refractivity contribution is -0.126. The number of carbonyl (C=O) groups is 2. The number of morpholine rings is 1. The van der Waals surface area contributed by atoms with Crippen LogP contribution in [0, 0.1) is 5.92 Å². The summed E-state index contributed by atoms with van der Waals surface area (Å²) in [5, 5.41) is 2.97. The molecule has 12 heteroatoms. The van der Waals surface area contributed by atoms with E-state index in [1.165, 1.54) is 13.5 Å². The second-order valence-corrected chi connectivity index (χ2v) is 9.96. The van der Waals surface area contributed by atoms with Crippen LogP contribution >= 0.6 is 0 Å². The predicted molar refractivity (Wildman–Crippen MR) is 114 cm³/mol. The third-order valence-electron chi connectivity index (χ3n) is 6.00. The van der Waals surface area contributed by atoms with Gasteiger partial charge in [-0.3, -0.25) is 9.69 Å². The van der Waals surface area contributed by atoms with Crippen molar-refractivity contribution >= 4 is 22.2 Å². The Kier molecular flexibility index (Phi) is 8.90. The van der Waals surface area contributed by atoms with Crippen molar-refractivity contribution in [2.24, 2.45) is 5.92 Å². The van der Waals surface area contributed by atoms with E-state index in [0.29, 0.717) is 45.6 Å². The smallest absolute Gasteiger partial charge is 0.409 e. The van der Waals surface area contributed by atoms with Crippen molar-refractivity contribution in [2.75, 3.05) is 85.3 Å². The summed E-state index contributed by atoms with van der Waals surface area (Å²) < 4.78 is 39.3. The van der Waals surface area contributed by atoms with E-state index < -0.39 is 16.3 Å². The van der Waals surface area contributed by atoms with E-state index in [1.807, 2.05) is 0 Å². The summed E-state index contributed by atoms with van der Waals surface area (Å²) in [7, 11) is -3.66. The molecule has 178 valence electrons. The molecule has 0 aromatic carbocycles. The molecular weight excluding hydrogens is 426 g/mol. The average molecular weight is 462 g/mol. The quantitative estimate of drug-likeness (QED) is 0.526. The summed E-state index contributed by atoms with van der Waals surface area (Å²) in [5.74, 6) is -0.422. The average Bonchev–Trinajstić information content (AvgIpc) is 2.80. The van der Waals surface area contributed by atoms with Gasteiger partial charge in [0.2, 0.25) is 5.91 Å². The monoisotopic (exact) mass is 461 g/mol. The lowest BCUT2D eigenvalue weighted by Crippen LogP contribution is -2.56. The molecule has 0 aromatic rings. The zero-order chi connectivity index (χ0) is 22.3. The minimum absolute atomic E-state index is 0.0831. The largest absolute Gasteiger partial charge is 0.450 e. The van der Waals surface area contributed by atoms with Gasteiger partial charge in [-0.15, -0.1) is 0 Å². The zero-order valence-electron chi connectivity index (χ0n) is 18.3. The first kappa shape index (κ1) is 24.2. The summed E-state index contributed by atoms with van der Waals surface area (Å²) in [4.78, 5) is 28.2. The third kappa shape index (κ3) is 6.51. The Morgan fingerprint density at radius 1 is 1.03 bits per heavy atom. The topological polar surface area (TPSA) is 112 Å². The maximum absolute atomic E-state index is 13.1. The molecule has 3 heterocycles. The summed E-state index contributed by atoms with van der Waals surface area (Å²) in [6.07, 6.45) is 0.932. The SMILES string of the molecule is CCOC(=O)N1CCN(S(=O)(=O)N2CCC[C@H](C(=O)NCCN3CCOCC3)C2)CC1. The van der Waals surface area contributed by atoms with Gasteiger partial charge in [-0.2, -0.15) is 17.0 Å². The fraction of sp³-hybridized carbons (Fsp3) is 0.895. The van der Waals surface area contributed by atoms with Crippen molar-refractivity contribution in [1.29, 1.82) is 0 Å². The van der Waals surface area contributed by atoms with Crippen LogP contribution in [0.4, 0.5) is 4.79 Å². The lowest BCUT2D eigenvalue weighted by atomic mass is 9.99. The summed E-state index contributed by atoms with van der Waals surface area (Å²) in [6, 6.07) is 0. The van der Waals surface area contributed by atoms with E-state index >= 15 is 0 Å². The van der Waals surface area contributed by atoms with Gasteiger partial charge in [0.05, 0.1) is 25.7 Å². The molecule has 31 heavy (non-hydrogen) atoms. The molecule has 3 aliphatic heterocycles. The number of ether oxygens (including phenoxy) is 2. The lowest BCUT2D eigenvalue weighted by Gasteiger charge is -2.38. The van der Waals surface area contributed by atoms with Crippen molar-refractivity contribution in [1.82, 2.24) is 23.7 Å². The van der Waals surface area contributed by atoms with Gasteiger partial charge in [0.15, 0.2) is 0 Å². The number of rotatable bonds is 7. The fourth-order valence-corrected chi connectivity index (χ4v) is 5.83. The van der Waals surface area contributed by atoms with E-state index in [9.17, 15) is 18.0 Å². The van der Waals surface area contributed by atoms with Crippen molar-refractivity contribution in [3.05, 3.63) is 0 Å². The molecule has 11 nitrogen and oxygen atoms in total. The van der Waals surface area contributed by atoms with Crippen molar-refractivity contribution < 1.29 is 27.5 Å². The number of nitrogens with one attached hydrogen (secondary N) is 1. The molecule has 2 amide bonds. The van der Waals surface area contributed by atoms with E-state index in [4.69, 9.17) is 9.47 Å². The van der Waals surface area contributed by atoms with E-state index in [1.54, 1.807) is 6.92 Å². The molecule has 1 N–H and O–H groups in total. The van der Waals surface area contributed by atoms with Gasteiger partial charge in [-0.05, 0) is 19.8 Å². The van der Waals surface area contributed by atoms with Crippen LogP contribution in [0.1, 0.15) is 19.8 Å². The molecule has 0 unspecified atom stereocenters. The fourth-order valence-electron chi connectivity index (χ4n) is 4.15. The maximum atomic E-state index is 13.1. The highest BCUT2D eigenvalue weighted by Gasteiger charge is 2.37. The number of carbonyl (C=O) groups excluding carboxylic acids is 2. The minimum Gasteiger partial charge on any atom is -0.450 e. The second-order valence-electron chi connectivity index (χ2n) is 8.04. The molecule has 3 aliphatic rings. The van der Waals surface area contributed by atoms with Crippen LogP contribution in [0.25, 0.3) is 0 Å². The van der Waals surface area contributed by atoms with E-state index in [2.05, 4.69) is 10.2 Å². The van der Waals surface area contributed by atoms with Crippen molar-refractivity contribution in [2.45, 2.75) is 19.8 Å². The van der Waals surface area contributed by atoms with Gasteiger partial charge in [0, 0.05) is 65.4 Å². The summed E-state index contributed by atoms with van der Waals surface area (Å²) >= 11 is 0. The number of amides is 2. The van der Waals surface area contributed by atoms with Crippen LogP contribution in [-0.4, -0.2) is 124 Å². The van der Waals surface area contributed by atoms with Gasteiger partial charge in [0.25, 0.3) is 10.2 Å².